The summed E-state index contributed by atoms with van der Waals surface area (Å²) in [7, 11) is 3.12. The van der Waals surface area contributed by atoms with E-state index in [-0.39, 0.29) is 11.7 Å². The van der Waals surface area contributed by atoms with E-state index in [1.54, 1.807) is 32.5 Å². The molecule has 1 aliphatic carbocycles. The van der Waals surface area contributed by atoms with Crippen molar-refractivity contribution < 1.29 is 14.3 Å². The first kappa shape index (κ1) is 13.6. The van der Waals surface area contributed by atoms with Crippen molar-refractivity contribution in [2.24, 2.45) is 0 Å². The number of aryl methyl sites for hydroxylation is 1. The van der Waals surface area contributed by atoms with Gasteiger partial charge in [-0.3, -0.25) is 9.78 Å². The smallest absolute Gasteiger partial charge is 0.175 e. The van der Waals surface area contributed by atoms with Gasteiger partial charge in [0.25, 0.3) is 0 Å². The van der Waals surface area contributed by atoms with Crippen LogP contribution in [-0.4, -0.2) is 25.0 Å². The zero-order valence-electron chi connectivity index (χ0n) is 12.1. The maximum absolute atomic E-state index is 12.9. The minimum atomic E-state index is -0.192. The summed E-state index contributed by atoms with van der Waals surface area (Å²) >= 11 is 0. The Balaban J connectivity index is 2.01. The maximum Gasteiger partial charge on any atom is 0.175 e. The topological polar surface area (TPSA) is 48.4 Å². The summed E-state index contributed by atoms with van der Waals surface area (Å²) in [5.74, 6) is 0.919. The number of carbonyl (C=O) groups excluding carboxylic acids is 1. The first-order chi connectivity index (χ1) is 10.3. The number of methoxy groups -OCH3 is 2. The number of ether oxygens (including phenoxy) is 2. The molecule has 1 atom stereocenters. The van der Waals surface area contributed by atoms with E-state index >= 15 is 0 Å². The molecule has 1 unspecified atom stereocenters. The Morgan fingerprint density at radius 3 is 2.81 bits per heavy atom. The SMILES string of the molecule is COc1cccc(C(=O)C2CCc3cccnc32)c1OC. The van der Waals surface area contributed by atoms with E-state index < -0.39 is 0 Å². The molecule has 0 bridgehead atoms. The molecule has 0 saturated heterocycles. The molecule has 21 heavy (non-hydrogen) atoms. The highest BCUT2D eigenvalue weighted by molar-refractivity contribution is 6.04. The molecule has 108 valence electrons. The molecular formula is C17H17NO3. The number of fused-ring (bicyclic) bond motifs is 1. The van der Waals surface area contributed by atoms with E-state index in [0.717, 1.165) is 24.1 Å². The van der Waals surface area contributed by atoms with Gasteiger partial charge in [0.05, 0.1) is 31.4 Å². The third-order valence-electron chi connectivity index (χ3n) is 3.94. The van der Waals surface area contributed by atoms with Gasteiger partial charge in [-0.15, -0.1) is 0 Å². The molecule has 0 radical (unpaired) electrons. The quantitative estimate of drug-likeness (QED) is 0.809. The van der Waals surface area contributed by atoms with Crippen molar-refractivity contribution in [3.8, 4) is 11.5 Å². The molecule has 4 nitrogen and oxygen atoms in total. The fraction of sp³-hybridized carbons (Fsp3) is 0.294. The van der Waals surface area contributed by atoms with E-state index in [1.807, 2.05) is 18.2 Å². The molecule has 1 aromatic carbocycles. The lowest BCUT2D eigenvalue weighted by atomic mass is 9.94. The lowest BCUT2D eigenvalue weighted by Gasteiger charge is -2.15. The molecule has 0 spiro atoms. The molecule has 4 heteroatoms. The highest BCUT2D eigenvalue weighted by Crippen LogP contribution is 2.38. The van der Waals surface area contributed by atoms with Gasteiger partial charge in [-0.05, 0) is 36.6 Å². The number of carbonyl (C=O) groups is 1. The fourth-order valence-corrected chi connectivity index (χ4v) is 2.94. The largest absolute Gasteiger partial charge is 0.493 e. The molecule has 0 aliphatic heterocycles. The molecule has 3 rings (SSSR count). The van der Waals surface area contributed by atoms with Crippen LogP contribution >= 0.6 is 0 Å². The standard InChI is InChI=1S/C17H17NO3/c1-20-14-7-3-6-13(17(14)21-2)16(19)12-9-8-11-5-4-10-18-15(11)12/h3-7,10,12H,8-9H2,1-2H3. The van der Waals surface area contributed by atoms with Crippen LogP contribution in [0.15, 0.2) is 36.5 Å². The highest BCUT2D eigenvalue weighted by atomic mass is 16.5. The van der Waals surface area contributed by atoms with Crippen LogP contribution in [0, 0.1) is 0 Å². The van der Waals surface area contributed by atoms with Crippen LogP contribution in [-0.2, 0) is 6.42 Å². The zero-order valence-corrected chi connectivity index (χ0v) is 12.1. The van der Waals surface area contributed by atoms with E-state index in [0.29, 0.717) is 17.1 Å². The van der Waals surface area contributed by atoms with Gasteiger partial charge >= 0.3 is 0 Å². The van der Waals surface area contributed by atoms with Gasteiger partial charge in [-0.25, -0.2) is 0 Å². The lowest BCUT2D eigenvalue weighted by Crippen LogP contribution is -2.13. The van der Waals surface area contributed by atoms with Crippen molar-refractivity contribution in [3.05, 3.63) is 53.3 Å². The maximum atomic E-state index is 12.9. The molecule has 1 aromatic heterocycles. The van der Waals surface area contributed by atoms with Crippen LogP contribution in [0.4, 0.5) is 0 Å². The summed E-state index contributed by atoms with van der Waals surface area (Å²) in [4.78, 5) is 17.3. The predicted molar refractivity (Wildman–Crippen MR) is 79.2 cm³/mol. The molecule has 1 aliphatic rings. The van der Waals surface area contributed by atoms with Gasteiger partial charge in [0.15, 0.2) is 17.3 Å². The molecule has 2 aromatic rings. The monoisotopic (exact) mass is 283 g/mol. The number of Topliss-reactive ketones (excluding diaryl/α,β-unsaturated/α-hetero) is 1. The second kappa shape index (κ2) is 5.56. The summed E-state index contributed by atoms with van der Waals surface area (Å²) in [5, 5.41) is 0. The number of hydrogen-bond donors (Lipinski definition) is 0. The molecule has 0 saturated carbocycles. The van der Waals surface area contributed by atoms with Gasteiger partial charge in [0, 0.05) is 6.20 Å². The first-order valence-corrected chi connectivity index (χ1v) is 6.95. The average Bonchev–Trinajstić information content (AvgIpc) is 2.97. The van der Waals surface area contributed by atoms with Gasteiger partial charge in [-0.2, -0.15) is 0 Å². The van der Waals surface area contributed by atoms with Crippen molar-refractivity contribution >= 4 is 5.78 Å². The van der Waals surface area contributed by atoms with Gasteiger partial charge in [0.2, 0.25) is 0 Å². The first-order valence-electron chi connectivity index (χ1n) is 6.95. The van der Waals surface area contributed by atoms with Crippen molar-refractivity contribution in [1.82, 2.24) is 4.98 Å². The van der Waals surface area contributed by atoms with Crippen LogP contribution in [0.1, 0.15) is 34.0 Å². The number of ketones is 1. The van der Waals surface area contributed by atoms with E-state index in [2.05, 4.69) is 4.98 Å². The van der Waals surface area contributed by atoms with Crippen molar-refractivity contribution in [1.29, 1.82) is 0 Å². The summed E-state index contributed by atoms with van der Waals surface area (Å²) in [6.07, 6.45) is 3.44. The Bertz CT molecular complexity index is 681. The van der Waals surface area contributed by atoms with Gasteiger partial charge in [-0.1, -0.05) is 12.1 Å². The Kier molecular flexibility index (Phi) is 3.60. The van der Waals surface area contributed by atoms with E-state index in [4.69, 9.17) is 9.47 Å². The molecule has 0 fully saturated rings. The Morgan fingerprint density at radius 2 is 2.05 bits per heavy atom. The Morgan fingerprint density at radius 1 is 1.19 bits per heavy atom. The highest BCUT2D eigenvalue weighted by Gasteiger charge is 2.32. The number of rotatable bonds is 4. The summed E-state index contributed by atoms with van der Waals surface area (Å²) in [6.45, 7) is 0. The second-order valence-electron chi connectivity index (χ2n) is 5.04. The third kappa shape index (κ3) is 2.27. The van der Waals surface area contributed by atoms with Gasteiger partial charge in [0.1, 0.15) is 0 Å². The van der Waals surface area contributed by atoms with Crippen LogP contribution < -0.4 is 9.47 Å². The number of para-hydroxylation sites is 1. The van der Waals surface area contributed by atoms with E-state index in [1.165, 1.54) is 0 Å². The molecule has 0 N–H and O–H groups in total. The number of aromatic nitrogens is 1. The minimum absolute atomic E-state index is 0.0446. The van der Waals surface area contributed by atoms with Crippen LogP contribution in [0.3, 0.4) is 0 Å². The van der Waals surface area contributed by atoms with Gasteiger partial charge < -0.3 is 9.47 Å². The van der Waals surface area contributed by atoms with Crippen molar-refractivity contribution in [3.63, 3.8) is 0 Å². The van der Waals surface area contributed by atoms with Crippen LogP contribution in [0.25, 0.3) is 0 Å². The average molecular weight is 283 g/mol. The van der Waals surface area contributed by atoms with Crippen LogP contribution in [0.5, 0.6) is 11.5 Å². The third-order valence-corrected chi connectivity index (χ3v) is 3.94. The van der Waals surface area contributed by atoms with Crippen molar-refractivity contribution in [2.75, 3.05) is 14.2 Å². The fourth-order valence-electron chi connectivity index (χ4n) is 2.94. The summed E-state index contributed by atoms with van der Waals surface area (Å²) < 4.78 is 10.6. The number of benzene rings is 1. The number of pyridine rings is 1. The second-order valence-corrected chi connectivity index (χ2v) is 5.04. The van der Waals surface area contributed by atoms with Crippen molar-refractivity contribution in [2.45, 2.75) is 18.8 Å². The summed E-state index contributed by atoms with van der Waals surface area (Å²) in [5.41, 5.74) is 2.62. The lowest BCUT2D eigenvalue weighted by molar-refractivity contribution is 0.0954. The number of hydrogen-bond acceptors (Lipinski definition) is 4. The predicted octanol–water partition coefficient (Wildman–Crippen LogP) is 3.01. The number of nitrogens with zero attached hydrogens (tertiary/aromatic N) is 1. The molecule has 1 heterocycles. The minimum Gasteiger partial charge on any atom is -0.493 e. The normalized spacial score (nSPS) is 16.4. The molecular weight excluding hydrogens is 266 g/mol. The summed E-state index contributed by atoms with van der Waals surface area (Å²) in [6, 6.07) is 9.33. The zero-order chi connectivity index (χ0) is 14.8. The van der Waals surface area contributed by atoms with E-state index in [9.17, 15) is 4.79 Å². The Labute approximate surface area is 123 Å². The Hall–Kier alpha value is -2.36. The molecule has 0 amide bonds. The van der Waals surface area contributed by atoms with Crippen LogP contribution in [0.2, 0.25) is 0 Å².